The topological polar surface area (TPSA) is 110 Å². The van der Waals surface area contributed by atoms with Gasteiger partial charge in [0.25, 0.3) is 5.91 Å². The fourth-order valence-corrected chi connectivity index (χ4v) is 4.85. The SMILES string of the molecule is O=C(/C=C/c1nc2ccccc2o1)OCC(=O)N1CCN(S(=O)(=O)c2ccc(Cl)cc2)CC1. The number of esters is 1. The molecule has 0 atom stereocenters. The average molecular weight is 490 g/mol. The number of benzene rings is 2. The van der Waals surface area contributed by atoms with E-state index < -0.39 is 28.5 Å². The lowest BCUT2D eigenvalue weighted by Gasteiger charge is -2.33. The number of para-hydroxylation sites is 2. The first-order chi connectivity index (χ1) is 15.8. The molecule has 1 aromatic heterocycles. The number of hydrogen-bond donors (Lipinski definition) is 0. The van der Waals surface area contributed by atoms with Crippen LogP contribution in [0.1, 0.15) is 5.89 Å². The molecule has 3 aromatic rings. The highest BCUT2D eigenvalue weighted by Crippen LogP contribution is 2.20. The van der Waals surface area contributed by atoms with Crippen LogP contribution >= 0.6 is 11.6 Å². The molecule has 1 saturated heterocycles. The van der Waals surface area contributed by atoms with Crippen LogP contribution in [-0.2, 0) is 24.3 Å². The number of sulfonamides is 1. The molecule has 1 aliphatic heterocycles. The first kappa shape index (κ1) is 23.0. The summed E-state index contributed by atoms with van der Waals surface area (Å²) in [7, 11) is -3.67. The molecule has 0 aliphatic carbocycles. The molecule has 11 heteroatoms. The lowest BCUT2D eigenvalue weighted by Crippen LogP contribution is -2.51. The minimum Gasteiger partial charge on any atom is -0.452 e. The maximum atomic E-state index is 12.7. The van der Waals surface area contributed by atoms with Crippen molar-refractivity contribution in [3.8, 4) is 0 Å². The fraction of sp³-hybridized carbons (Fsp3) is 0.227. The Hall–Kier alpha value is -3.21. The molecule has 2 heterocycles. The third-order valence-electron chi connectivity index (χ3n) is 5.05. The minimum atomic E-state index is -3.67. The zero-order valence-electron chi connectivity index (χ0n) is 17.4. The molecule has 9 nitrogen and oxygen atoms in total. The van der Waals surface area contributed by atoms with Crippen LogP contribution in [-0.4, -0.2) is 67.3 Å². The van der Waals surface area contributed by atoms with Gasteiger partial charge in [-0.05, 0) is 36.4 Å². The molecule has 4 rings (SSSR count). The summed E-state index contributed by atoms with van der Waals surface area (Å²) >= 11 is 5.82. The van der Waals surface area contributed by atoms with Crippen LogP contribution in [0.15, 0.2) is 63.9 Å². The normalized spacial score (nSPS) is 15.2. The predicted octanol–water partition coefficient (Wildman–Crippen LogP) is 2.57. The highest BCUT2D eigenvalue weighted by molar-refractivity contribution is 7.89. The van der Waals surface area contributed by atoms with Crippen molar-refractivity contribution in [3.05, 3.63) is 65.5 Å². The van der Waals surface area contributed by atoms with E-state index in [0.29, 0.717) is 16.1 Å². The number of aromatic nitrogens is 1. The van der Waals surface area contributed by atoms with E-state index >= 15 is 0 Å². The maximum Gasteiger partial charge on any atom is 0.331 e. The second-order valence-electron chi connectivity index (χ2n) is 7.20. The van der Waals surface area contributed by atoms with Crippen LogP contribution in [0.25, 0.3) is 17.2 Å². The third-order valence-corrected chi connectivity index (χ3v) is 7.22. The van der Waals surface area contributed by atoms with Gasteiger partial charge in [-0.3, -0.25) is 4.79 Å². The summed E-state index contributed by atoms with van der Waals surface area (Å²) < 4.78 is 37.2. The van der Waals surface area contributed by atoms with Gasteiger partial charge in [0.15, 0.2) is 12.2 Å². The number of halogens is 1. The van der Waals surface area contributed by atoms with E-state index in [1.54, 1.807) is 12.1 Å². The van der Waals surface area contributed by atoms with Crippen molar-refractivity contribution in [3.63, 3.8) is 0 Å². The number of ether oxygens (including phenoxy) is 1. The number of fused-ring (bicyclic) bond motifs is 1. The van der Waals surface area contributed by atoms with E-state index in [1.165, 1.54) is 39.5 Å². The Morgan fingerprint density at radius 1 is 1.06 bits per heavy atom. The van der Waals surface area contributed by atoms with E-state index in [2.05, 4.69) is 4.98 Å². The van der Waals surface area contributed by atoms with Crippen LogP contribution in [0.2, 0.25) is 5.02 Å². The largest absolute Gasteiger partial charge is 0.452 e. The molecule has 0 N–H and O–H groups in total. The lowest BCUT2D eigenvalue weighted by atomic mass is 10.3. The number of amides is 1. The Bertz CT molecular complexity index is 1260. The van der Waals surface area contributed by atoms with Gasteiger partial charge in [0.2, 0.25) is 15.9 Å². The molecule has 33 heavy (non-hydrogen) atoms. The molecule has 0 bridgehead atoms. The summed E-state index contributed by atoms with van der Waals surface area (Å²) in [5.41, 5.74) is 1.26. The van der Waals surface area contributed by atoms with Crippen molar-refractivity contribution >= 4 is 50.7 Å². The predicted molar refractivity (Wildman–Crippen MR) is 121 cm³/mol. The molecule has 2 aromatic carbocycles. The lowest BCUT2D eigenvalue weighted by molar-refractivity contribution is -0.148. The van der Waals surface area contributed by atoms with E-state index in [0.717, 1.165) is 6.08 Å². The molecular weight excluding hydrogens is 470 g/mol. The number of oxazole rings is 1. The highest BCUT2D eigenvalue weighted by Gasteiger charge is 2.30. The zero-order valence-corrected chi connectivity index (χ0v) is 19.0. The molecule has 1 fully saturated rings. The van der Waals surface area contributed by atoms with Gasteiger partial charge < -0.3 is 14.1 Å². The maximum absolute atomic E-state index is 12.7. The van der Waals surface area contributed by atoms with Gasteiger partial charge >= 0.3 is 5.97 Å². The number of rotatable bonds is 6. The monoisotopic (exact) mass is 489 g/mol. The van der Waals surface area contributed by atoms with E-state index in [-0.39, 0.29) is 37.0 Å². The van der Waals surface area contributed by atoms with Gasteiger partial charge in [-0.15, -0.1) is 0 Å². The Kier molecular flexibility index (Phi) is 6.77. The fourth-order valence-electron chi connectivity index (χ4n) is 3.31. The van der Waals surface area contributed by atoms with Gasteiger partial charge in [0.1, 0.15) is 5.52 Å². The number of piperazine rings is 1. The van der Waals surface area contributed by atoms with Gasteiger partial charge in [0, 0.05) is 43.4 Å². The van der Waals surface area contributed by atoms with Crippen molar-refractivity contribution in [1.82, 2.24) is 14.2 Å². The number of nitrogens with zero attached hydrogens (tertiary/aromatic N) is 3. The van der Waals surface area contributed by atoms with Crippen molar-refractivity contribution < 1.29 is 27.2 Å². The summed E-state index contributed by atoms with van der Waals surface area (Å²) in [5, 5.41) is 0.447. The third kappa shape index (κ3) is 5.41. The Morgan fingerprint density at radius 2 is 1.76 bits per heavy atom. The Morgan fingerprint density at radius 3 is 2.45 bits per heavy atom. The number of hydrogen-bond acceptors (Lipinski definition) is 7. The molecule has 0 saturated carbocycles. The Labute approximate surface area is 195 Å². The second kappa shape index (κ2) is 9.74. The first-order valence-corrected chi connectivity index (χ1v) is 11.9. The van der Waals surface area contributed by atoms with Crippen LogP contribution in [0.3, 0.4) is 0 Å². The molecule has 0 radical (unpaired) electrons. The second-order valence-corrected chi connectivity index (χ2v) is 9.57. The highest BCUT2D eigenvalue weighted by atomic mass is 35.5. The van der Waals surface area contributed by atoms with Gasteiger partial charge in [-0.2, -0.15) is 4.31 Å². The Balaban J connectivity index is 1.26. The van der Waals surface area contributed by atoms with Crippen LogP contribution in [0, 0.1) is 0 Å². The van der Waals surface area contributed by atoms with Gasteiger partial charge in [0.05, 0.1) is 4.90 Å². The summed E-state index contributed by atoms with van der Waals surface area (Å²) in [5.74, 6) is -0.866. The van der Waals surface area contributed by atoms with E-state index in [9.17, 15) is 18.0 Å². The van der Waals surface area contributed by atoms with E-state index in [1.807, 2.05) is 12.1 Å². The quantitative estimate of drug-likeness (QED) is 0.386. The molecule has 0 unspecified atom stereocenters. The van der Waals surface area contributed by atoms with Crippen molar-refractivity contribution in [1.29, 1.82) is 0 Å². The van der Waals surface area contributed by atoms with Crippen LogP contribution in [0.4, 0.5) is 0 Å². The molecule has 1 aliphatic rings. The zero-order chi connectivity index (χ0) is 23.4. The summed E-state index contributed by atoms with van der Waals surface area (Å²) in [6, 6.07) is 13.1. The van der Waals surface area contributed by atoms with Crippen LogP contribution in [0.5, 0.6) is 0 Å². The summed E-state index contributed by atoms with van der Waals surface area (Å²) in [4.78, 5) is 30.1. The molecule has 1 amide bonds. The van der Waals surface area contributed by atoms with Crippen molar-refractivity contribution in [2.45, 2.75) is 4.90 Å². The smallest absolute Gasteiger partial charge is 0.331 e. The number of carbonyl (C=O) groups is 2. The summed E-state index contributed by atoms with van der Waals surface area (Å²) in [6.07, 6.45) is 2.50. The van der Waals surface area contributed by atoms with Crippen molar-refractivity contribution in [2.24, 2.45) is 0 Å². The van der Waals surface area contributed by atoms with Crippen LogP contribution < -0.4 is 0 Å². The minimum absolute atomic E-state index is 0.141. The van der Waals surface area contributed by atoms with E-state index in [4.69, 9.17) is 20.8 Å². The molecule has 0 spiro atoms. The summed E-state index contributed by atoms with van der Waals surface area (Å²) in [6.45, 7) is 0.231. The van der Waals surface area contributed by atoms with Crippen molar-refractivity contribution in [2.75, 3.05) is 32.8 Å². The van der Waals surface area contributed by atoms with Gasteiger partial charge in [-0.1, -0.05) is 23.7 Å². The standard InChI is InChI=1S/C22H20ClN3O6S/c23-16-5-7-17(8-6-16)33(29,30)26-13-11-25(12-14-26)21(27)15-31-22(28)10-9-20-24-18-3-1-2-4-19(18)32-20/h1-10H,11-15H2/b10-9+. The number of carbonyl (C=O) groups excluding carboxylic acids is 2. The average Bonchev–Trinajstić information content (AvgIpc) is 3.24. The van der Waals surface area contributed by atoms with Gasteiger partial charge in [-0.25, -0.2) is 18.2 Å². The molecule has 172 valence electrons. The molecular formula is C22H20ClN3O6S. The first-order valence-electron chi connectivity index (χ1n) is 10.1.